The molecule has 0 unspecified atom stereocenters. The molecule has 2 heteroatoms. The molecule has 0 saturated carbocycles. The summed E-state index contributed by atoms with van der Waals surface area (Å²) in [5, 5.41) is 0. The molecule has 29 heavy (non-hydrogen) atoms. The van der Waals surface area contributed by atoms with Crippen molar-refractivity contribution in [3.8, 4) is 0 Å². The minimum atomic E-state index is 0. The van der Waals surface area contributed by atoms with Crippen molar-refractivity contribution in [1.82, 2.24) is 0 Å². The molecule has 1 N–H and O–H groups in total. The zero-order valence-electron chi connectivity index (χ0n) is 20.9. The van der Waals surface area contributed by atoms with Gasteiger partial charge in [-0.15, -0.1) is 0 Å². The summed E-state index contributed by atoms with van der Waals surface area (Å²) in [5.74, 6) is 0. The molecule has 0 saturated heterocycles. The molecule has 0 spiro atoms. The van der Waals surface area contributed by atoms with Crippen molar-refractivity contribution >= 4 is 0 Å². The molecule has 0 atom stereocenters. The van der Waals surface area contributed by atoms with Crippen LogP contribution in [-0.2, 0) is 25.8 Å². The molecule has 0 aromatic carbocycles. The van der Waals surface area contributed by atoms with Crippen molar-refractivity contribution in [3.63, 3.8) is 0 Å². The second-order valence-corrected chi connectivity index (χ2v) is 7.86. The van der Waals surface area contributed by atoms with E-state index in [4.69, 9.17) is 0 Å². The van der Waals surface area contributed by atoms with Crippen LogP contribution >= 0.6 is 0 Å². The molecule has 0 aliphatic rings. The fourth-order valence-corrected chi connectivity index (χ4v) is 2.87. The standard InChI is InChI=1S/3C9H19.Hf.H2O/c3*1-3-5-7-9-8-6-4-2;;/h3*1,3-9H2,2H3;;1H2/q3*-1;+4;/p-1. The van der Waals surface area contributed by atoms with Gasteiger partial charge in [0.2, 0.25) is 0 Å². The fraction of sp³-hybridized carbons (Fsp3) is 0.889. The van der Waals surface area contributed by atoms with Crippen molar-refractivity contribution in [1.29, 1.82) is 0 Å². The number of hydrogen-bond acceptors (Lipinski definition) is 1. The van der Waals surface area contributed by atoms with E-state index in [-0.39, 0.29) is 31.3 Å². The monoisotopic (exact) mass is 578 g/mol. The zero-order chi connectivity index (χ0) is 20.8. The topological polar surface area (TPSA) is 30.0 Å². The summed E-state index contributed by atoms with van der Waals surface area (Å²) < 4.78 is 0. The maximum absolute atomic E-state index is 3.80. The molecule has 0 heterocycles. The van der Waals surface area contributed by atoms with Crippen molar-refractivity contribution < 1.29 is 31.3 Å². The summed E-state index contributed by atoms with van der Waals surface area (Å²) in [7, 11) is 0. The predicted molar refractivity (Wildman–Crippen MR) is 132 cm³/mol. The van der Waals surface area contributed by atoms with Crippen molar-refractivity contribution in [2.24, 2.45) is 0 Å². The van der Waals surface area contributed by atoms with Crippen LogP contribution in [0.2, 0.25) is 0 Å². The Balaban J connectivity index is -0.0000000960. The van der Waals surface area contributed by atoms with E-state index in [9.17, 15) is 0 Å². The Labute approximate surface area is 207 Å². The Morgan fingerprint density at radius 1 is 0.345 bits per heavy atom. The van der Waals surface area contributed by atoms with Gasteiger partial charge in [0.15, 0.2) is 0 Å². The van der Waals surface area contributed by atoms with Crippen LogP contribution in [0.3, 0.4) is 0 Å². The normalized spacial score (nSPS) is 9.31. The molecule has 0 radical (unpaired) electrons. The summed E-state index contributed by atoms with van der Waals surface area (Å²) >= 11 is 0. The van der Waals surface area contributed by atoms with Crippen LogP contribution in [-0.4, -0.2) is 5.48 Å². The molecule has 0 bridgehead atoms. The average molecular weight is 577 g/mol. The van der Waals surface area contributed by atoms with E-state index in [1.165, 1.54) is 116 Å². The van der Waals surface area contributed by atoms with Gasteiger partial charge in [-0.2, -0.15) is 19.3 Å². The molecule has 176 valence electrons. The smallest absolute Gasteiger partial charge is 0.870 e. The first-order valence-electron chi connectivity index (χ1n) is 12.6. The third kappa shape index (κ3) is 58.5. The number of hydrogen-bond donors (Lipinski definition) is 0. The third-order valence-corrected chi connectivity index (χ3v) is 4.81. The fourth-order valence-electron chi connectivity index (χ4n) is 2.87. The molecule has 1 nitrogen and oxygen atoms in total. The second-order valence-electron chi connectivity index (χ2n) is 7.86. The maximum atomic E-state index is 3.80. The van der Waals surface area contributed by atoms with E-state index in [0.29, 0.717) is 0 Å². The average Bonchev–Trinajstić information content (AvgIpc) is 2.69. The Hall–Kier alpha value is 0.830. The Morgan fingerprint density at radius 2 is 0.517 bits per heavy atom. The molecule has 0 aromatic heterocycles. The van der Waals surface area contributed by atoms with Gasteiger partial charge in [-0.1, -0.05) is 136 Å². The van der Waals surface area contributed by atoms with E-state index in [0.717, 1.165) is 19.3 Å². The predicted octanol–water partition coefficient (Wildman–Crippen LogP) is 10.5. The molecule has 0 fully saturated rings. The van der Waals surface area contributed by atoms with Crippen LogP contribution in [0.25, 0.3) is 0 Å². The van der Waals surface area contributed by atoms with Crippen LogP contribution < -0.4 is 0 Å². The first-order valence-corrected chi connectivity index (χ1v) is 12.6. The minimum absolute atomic E-state index is 0. The SMILES string of the molecule is [CH2-]CCCCCCCC.[CH2-]CCCCCCCC.[CH2-]CCCCCCCC.[Hf+4].[OH-]. The quantitative estimate of drug-likeness (QED) is 0.0906. The van der Waals surface area contributed by atoms with Gasteiger partial charge in [0, 0.05) is 0 Å². The Kier molecular flexibility index (Phi) is 65.0. The number of unbranched alkanes of at least 4 members (excludes halogenated alkanes) is 18. The van der Waals surface area contributed by atoms with Gasteiger partial charge in [0.1, 0.15) is 0 Å². The van der Waals surface area contributed by atoms with E-state index in [1.54, 1.807) is 0 Å². The van der Waals surface area contributed by atoms with Gasteiger partial charge in [-0.05, 0) is 0 Å². The van der Waals surface area contributed by atoms with E-state index >= 15 is 0 Å². The van der Waals surface area contributed by atoms with Gasteiger partial charge < -0.3 is 26.2 Å². The Bertz CT molecular complexity index is 146. The van der Waals surface area contributed by atoms with Crippen molar-refractivity contribution in [2.75, 3.05) is 0 Å². The van der Waals surface area contributed by atoms with E-state index in [1.807, 2.05) is 0 Å². The van der Waals surface area contributed by atoms with Crippen LogP contribution in [0.15, 0.2) is 0 Å². The molecular formula is C27H58HfO. The molecule has 0 aliphatic heterocycles. The van der Waals surface area contributed by atoms with Gasteiger partial charge in [0.25, 0.3) is 0 Å². The summed E-state index contributed by atoms with van der Waals surface area (Å²) in [5.41, 5.74) is 0. The van der Waals surface area contributed by atoms with Crippen LogP contribution in [0.5, 0.6) is 0 Å². The van der Waals surface area contributed by atoms with Gasteiger partial charge in [-0.3, -0.25) is 0 Å². The van der Waals surface area contributed by atoms with Crippen LogP contribution in [0.4, 0.5) is 0 Å². The maximum Gasteiger partial charge on any atom is 4.00 e. The van der Waals surface area contributed by atoms with E-state index in [2.05, 4.69) is 41.5 Å². The largest absolute Gasteiger partial charge is 4.00 e. The summed E-state index contributed by atoms with van der Waals surface area (Å²) in [4.78, 5) is 0. The molecule has 0 amide bonds. The van der Waals surface area contributed by atoms with Crippen molar-refractivity contribution in [2.45, 2.75) is 156 Å². The van der Waals surface area contributed by atoms with Crippen LogP contribution in [0.1, 0.15) is 156 Å². The van der Waals surface area contributed by atoms with E-state index < -0.39 is 0 Å². The number of rotatable bonds is 18. The second kappa shape index (κ2) is 46.9. The summed E-state index contributed by atoms with van der Waals surface area (Å²) in [6.45, 7) is 18.2. The third-order valence-electron chi connectivity index (χ3n) is 4.81. The summed E-state index contributed by atoms with van der Waals surface area (Å²) in [6, 6.07) is 0. The Morgan fingerprint density at radius 3 is 0.690 bits per heavy atom. The molecule has 0 rings (SSSR count). The first kappa shape index (κ1) is 40.2. The van der Waals surface area contributed by atoms with Crippen LogP contribution in [0, 0.1) is 20.8 Å². The minimum Gasteiger partial charge on any atom is -0.870 e. The molecule has 0 aromatic rings. The van der Waals surface area contributed by atoms with Gasteiger partial charge in [-0.25, -0.2) is 0 Å². The first-order chi connectivity index (χ1) is 13.2. The van der Waals surface area contributed by atoms with Crippen molar-refractivity contribution in [3.05, 3.63) is 20.8 Å². The van der Waals surface area contributed by atoms with Gasteiger partial charge in [0.05, 0.1) is 0 Å². The van der Waals surface area contributed by atoms with Gasteiger partial charge >= 0.3 is 25.8 Å². The summed E-state index contributed by atoms with van der Waals surface area (Å²) in [6.07, 6.45) is 28.3. The zero-order valence-corrected chi connectivity index (χ0v) is 24.5. The molecule has 0 aliphatic carbocycles. The molecular weight excluding hydrogens is 519 g/mol.